The summed E-state index contributed by atoms with van der Waals surface area (Å²) in [6.07, 6.45) is 43.6. The molecule has 0 amide bonds. The van der Waals surface area contributed by atoms with Crippen LogP contribution in [0.15, 0.2) is 98.1 Å². The molecular weight excluding hydrogens is 1030 g/mol. The molecule has 352 valence electrons. The number of aryl methyl sites for hydroxylation is 2. The van der Waals surface area contributed by atoms with Crippen molar-refractivity contribution in [3.8, 4) is 22.3 Å². The van der Waals surface area contributed by atoms with Gasteiger partial charge >= 0.3 is 15.1 Å². The van der Waals surface area contributed by atoms with Crippen molar-refractivity contribution < 1.29 is 124 Å². The normalized spacial score (nSPS) is 14.5. The minimum atomic E-state index is -3.67. The molecular formula is C44H64B2ClF8Fe2IN4. The third-order valence-electron chi connectivity index (χ3n) is 10.8. The maximum atomic E-state index is 9.67. The van der Waals surface area contributed by atoms with Gasteiger partial charge in [0.2, 0.25) is 0 Å². The number of pyridine rings is 4. The second-order valence-corrected chi connectivity index (χ2v) is 15.4. The summed E-state index contributed by atoms with van der Waals surface area (Å²) in [5.74, 6) is 1.79. The van der Waals surface area contributed by atoms with E-state index < -0.39 is 15.1 Å². The van der Waals surface area contributed by atoms with Crippen LogP contribution in [0.25, 0.3) is 22.3 Å². The molecule has 4 nitrogen and oxygen atoms in total. The molecule has 0 radical (unpaired) electrons. The van der Waals surface area contributed by atoms with E-state index in [1.807, 2.05) is 14.1 Å². The first kappa shape index (κ1) is 66.8. The van der Waals surface area contributed by atoms with Gasteiger partial charge in [0.05, 0.1) is 0 Å². The van der Waals surface area contributed by atoms with Crippen molar-refractivity contribution in [2.75, 3.05) is 0 Å². The first-order valence-electron chi connectivity index (χ1n) is 20.8. The summed E-state index contributed by atoms with van der Waals surface area (Å²) in [7, 11) is -3.24. The molecule has 0 bridgehead atoms. The standard InChI is InChI=1S/2C17H22N2.2C5H10.2BF3.ClH.2FH.2Fe.HI/c2*1-18-10-6-16(7-11-18)17-8-12-19(13-9-17)14-15-4-2-3-5-15;2*1-2-4-5-3-1;2*2-1(3)4;;;;;;/h2*6-13,15H,2-5,14H2,1H3;2*1-5H2;;;3*1H;;;1H/q2*+2;;;;;;;;;;/p-4. The summed E-state index contributed by atoms with van der Waals surface area (Å²) in [5.41, 5.74) is 5.16. The van der Waals surface area contributed by atoms with Crippen LogP contribution >= 0.6 is 0 Å². The molecule has 8 rings (SSSR count). The molecule has 18 heteroatoms. The first-order chi connectivity index (χ1) is 27.1. The number of nitrogens with zero attached hydrogens (tertiary/aromatic N) is 4. The predicted octanol–water partition coefficient (Wildman–Crippen LogP) is -1.02. The average molecular weight is 1100 g/mol. The largest absolute Gasteiger partial charge is 1.00 e. The Morgan fingerprint density at radius 3 is 0.774 bits per heavy atom. The van der Waals surface area contributed by atoms with Crippen LogP contribution in [-0.2, 0) is 61.3 Å². The summed E-state index contributed by atoms with van der Waals surface area (Å²) in [4.78, 5) is 0. The van der Waals surface area contributed by atoms with Gasteiger partial charge in [-0.2, -0.15) is 0 Å². The Labute approximate surface area is 411 Å². The van der Waals surface area contributed by atoms with Crippen LogP contribution < -0.4 is 64.1 Å². The van der Waals surface area contributed by atoms with Crippen LogP contribution in [0.5, 0.6) is 0 Å². The zero-order valence-corrected chi connectivity index (χ0v) is 41.1. The fraction of sp³-hybridized carbons (Fsp3) is 0.545. The molecule has 4 saturated carbocycles. The number of hydrogen-bond acceptors (Lipinski definition) is 0. The summed E-state index contributed by atoms with van der Waals surface area (Å²) >= 11 is 0. The molecule has 62 heavy (non-hydrogen) atoms. The van der Waals surface area contributed by atoms with Gasteiger partial charge in [0.1, 0.15) is 14.1 Å². The van der Waals surface area contributed by atoms with Crippen molar-refractivity contribution in [3.05, 3.63) is 98.1 Å². The van der Waals surface area contributed by atoms with Gasteiger partial charge < -0.3 is 45.8 Å². The number of rotatable bonds is 6. The van der Waals surface area contributed by atoms with E-state index in [9.17, 15) is 25.9 Å². The molecule has 4 aromatic heterocycles. The van der Waals surface area contributed by atoms with Gasteiger partial charge in [-0.3, -0.25) is 25.9 Å². The van der Waals surface area contributed by atoms with E-state index in [1.54, 1.807) is 0 Å². The monoisotopic (exact) mass is 1100 g/mol. The molecule has 0 atom stereocenters. The zero-order chi connectivity index (χ0) is 40.4. The Morgan fingerprint density at radius 2 is 0.581 bits per heavy atom. The quantitative estimate of drug-likeness (QED) is 0.102. The predicted molar refractivity (Wildman–Crippen MR) is 215 cm³/mol. The van der Waals surface area contributed by atoms with Gasteiger partial charge in [-0.05, 0) is 47.9 Å². The Bertz CT molecular complexity index is 1440. The van der Waals surface area contributed by atoms with Gasteiger partial charge in [0, 0.05) is 94.5 Å². The van der Waals surface area contributed by atoms with Crippen molar-refractivity contribution in [2.24, 2.45) is 25.9 Å². The summed E-state index contributed by atoms with van der Waals surface area (Å²) in [5, 5.41) is 0. The van der Waals surface area contributed by atoms with Crippen molar-refractivity contribution in [3.63, 3.8) is 0 Å². The third kappa shape index (κ3) is 31.2. The molecule has 0 unspecified atom stereocenters. The molecule has 4 aliphatic rings. The van der Waals surface area contributed by atoms with E-state index >= 15 is 0 Å². The Morgan fingerprint density at radius 1 is 0.403 bits per heavy atom. The Hall–Kier alpha value is -1.77. The third-order valence-corrected chi connectivity index (χ3v) is 10.8. The van der Waals surface area contributed by atoms with Crippen LogP contribution in [0.1, 0.15) is 116 Å². The van der Waals surface area contributed by atoms with Crippen LogP contribution in [0.4, 0.5) is 25.9 Å². The van der Waals surface area contributed by atoms with E-state index in [4.69, 9.17) is 0 Å². The number of hydrogen-bond donors (Lipinski definition) is 0. The van der Waals surface area contributed by atoms with Gasteiger partial charge in [0.15, 0.2) is 62.7 Å². The molecule has 0 N–H and O–H groups in total. The summed E-state index contributed by atoms with van der Waals surface area (Å²) in [6.45, 7) is 2.37. The van der Waals surface area contributed by atoms with Crippen LogP contribution in [0, 0.1) is 11.8 Å². The maximum absolute atomic E-state index is 9.67. The average Bonchev–Trinajstić information content (AvgIpc) is 4.04. The fourth-order valence-corrected chi connectivity index (χ4v) is 7.68. The minimum Gasteiger partial charge on any atom is -1.00 e. The van der Waals surface area contributed by atoms with E-state index in [1.165, 1.54) is 151 Å². The van der Waals surface area contributed by atoms with Crippen LogP contribution in [0.2, 0.25) is 0 Å². The summed E-state index contributed by atoms with van der Waals surface area (Å²) < 4.78 is 66.8. The van der Waals surface area contributed by atoms with E-state index in [-0.39, 0.29) is 79.9 Å². The van der Waals surface area contributed by atoms with Crippen LogP contribution in [-0.4, -0.2) is 15.1 Å². The van der Waals surface area contributed by atoms with Gasteiger partial charge in [-0.25, -0.2) is 18.3 Å². The second kappa shape index (κ2) is 40.7. The summed E-state index contributed by atoms with van der Waals surface area (Å²) in [6, 6.07) is 17.6. The Kier molecular flexibility index (Phi) is 43.9. The van der Waals surface area contributed by atoms with Gasteiger partial charge in [-0.15, -0.1) is 0 Å². The maximum Gasteiger partial charge on any atom is 0.762 e. The molecule has 4 aromatic rings. The molecule has 4 fully saturated rings. The van der Waals surface area contributed by atoms with Crippen LogP contribution in [0.3, 0.4) is 0 Å². The van der Waals surface area contributed by atoms with E-state index in [0.717, 1.165) is 11.8 Å². The zero-order valence-electron chi connectivity index (χ0n) is 36.0. The molecule has 0 spiro atoms. The van der Waals surface area contributed by atoms with Gasteiger partial charge in [0.25, 0.3) is 0 Å². The topological polar surface area (TPSA) is 15.5 Å². The molecule has 0 aliphatic heterocycles. The van der Waals surface area contributed by atoms with Crippen molar-refractivity contribution in [1.29, 1.82) is 0 Å². The number of halogens is 10. The van der Waals surface area contributed by atoms with Crippen molar-refractivity contribution >= 4 is 15.1 Å². The first-order valence-corrected chi connectivity index (χ1v) is 20.8. The SMILES string of the molecule is C1CCCC1.C1CCCC1.C[n+]1ccc(-c2cc[n+](CC3CCCC3)cc2)cc1.C[n+]1ccc(-c2cc[n+](CC3CCCC3)cc2)cc1.FB(F)F.FB(F)F.[Cl-].[F-].[F-].[Fe].[Fe].[I-]. The second-order valence-electron chi connectivity index (χ2n) is 15.4. The van der Waals surface area contributed by atoms with E-state index in [2.05, 4.69) is 116 Å². The smallest absolute Gasteiger partial charge is 0.762 e. The molecule has 0 saturated heterocycles. The van der Waals surface area contributed by atoms with Crippen molar-refractivity contribution in [2.45, 2.75) is 129 Å². The van der Waals surface area contributed by atoms with Gasteiger partial charge in [-0.1, -0.05) is 89.9 Å². The fourth-order valence-electron chi connectivity index (χ4n) is 7.68. The van der Waals surface area contributed by atoms with Crippen molar-refractivity contribution in [1.82, 2.24) is 0 Å². The minimum absolute atomic E-state index is 0. The molecule has 0 aromatic carbocycles. The number of aromatic nitrogens is 4. The van der Waals surface area contributed by atoms with E-state index in [0.29, 0.717) is 0 Å². The molecule has 4 heterocycles. The molecule has 4 aliphatic carbocycles. The Balaban J connectivity index is -0.000000364.